The molecule has 3 aromatic carbocycles. The number of benzene rings is 3. The molecular weight excluding hydrogens is 522 g/mol. The molecule has 0 saturated heterocycles. The number of rotatable bonds is 9. The summed E-state index contributed by atoms with van der Waals surface area (Å²) in [6.45, 7) is 3.56. The molecule has 0 radical (unpaired) electrons. The van der Waals surface area contributed by atoms with Crippen molar-refractivity contribution < 1.29 is 33.9 Å². The predicted octanol–water partition coefficient (Wildman–Crippen LogP) is 5.65. The number of aliphatic hydroxyl groups excluding tert-OH is 1. The van der Waals surface area contributed by atoms with Crippen molar-refractivity contribution in [2.45, 2.75) is 63.6 Å². The maximum Gasteiger partial charge on any atom is 0.200 e. The highest BCUT2D eigenvalue weighted by Crippen LogP contribution is 2.51. The lowest BCUT2D eigenvalue weighted by Gasteiger charge is -2.35. The van der Waals surface area contributed by atoms with E-state index in [-0.39, 0.29) is 17.8 Å². The molecule has 8 heteroatoms. The van der Waals surface area contributed by atoms with E-state index in [0.717, 1.165) is 89.9 Å². The van der Waals surface area contributed by atoms with Crippen molar-refractivity contribution in [1.29, 1.82) is 0 Å². The van der Waals surface area contributed by atoms with Crippen molar-refractivity contribution in [3.63, 3.8) is 0 Å². The van der Waals surface area contributed by atoms with Crippen LogP contribution in [0, 0.1) is 0 Å². The van der Waals surface area contributed by atoms with E-state index in [0.29, 0.717) is 30.6 Å². The molecule has 0 aromatic heterocycles. The molecule has 0 amide bonds. The molecule has 0 bridgehead atoms. The summed E-state index contributed by atoms with van der Waals surface area (Å²) in [5.74, 6) is 2.59. The highest BCUT2D eigenvalue weighted by atomic mass is 16.5. The molecule has 1 heterocycles. The van der Waals surface area contributed by atoms with Crippen molar-refractivity contribution >= 4 is 0 Å². The Morgan fingerprint density at radius 3 is 2.44 bits per heavy atom. The van der Waals surface area contributed by atoms with Gasteiger partial charge in [0.1, 0.15) is 24.0 Å². The third-order valence-electron chi connectivity index (χ3n) is 8.63. The molecule has 8 nitrogen and oxygen atoms in total. The smallest absolute Gasteiger partial charge is 0.200 e. The van der Waals surface area contributed by atoms with Crippen LogP contribution in [0.3, 0.4) is 0 Å². The molecule has 0 spiro atoms. The summed E-state index contributed by atoms with van der Waals surface area (Å²) in [6.07, 6.45) is 4.98. The monoisotopic (exact) mass is 561 g/mol. The van der Waals surface area contributed by atoms with Gasteiger partial charge in [0.15, 0.2) is 11.5 Å². The van der Waals surface area contributed by atoms with Gasteiger partial charge in [-0.25, -0.2) is 0 Å². The summed E-state index contributed by atoms with van der Waals surface area (Å²) in [6, 6.07) is 11.6. The number of ether oxygens (including phenoxy) is 5. The highest BCUT2D eigenvalue weighted by molar-refractivity contribution is 5.79. The van der Waals surface area contributed by atoms with Crippen molar-refractivity contribution in [2.75, 3.05) is 34.1 Å². The first-order valence-electron chi connectivity index (χ1n) is 14.6. The SMILES string of the molecule is CCNCOc1cc(OC)c2c(c1)-c1ccc3c(c1CC2)C(O)C(c1cc(OC)c(O)c(OC2CCCC2)c1)CO3. The van der Waals surface area contributed by atoms with E-state index in [1.165, 1.54) is 7.11 Å². The van der Waals surface area contributed by atoms with Gasteiger partial charge in [-0.15, -0.1) is 0 Å². The lowest BCUT2D eigenvalue weighted by atomic mass is 9.77. The molecule has 2 atom stereocenters. The summed E-state index contributed by atoms with van der Waals surface area (Å²) in [5.41, 5.74) is 5.93. The Morgan fingerprint density at radius 2 is 1.68 bits per heavy atom. The summed E-state index contributed by atoms with van der Waals surface area (Å²) in [5, 5.41) is 25.9. The molecule has 1 aliphatic heterocycles. The molecule has 41 heavy (non-hydrogen) atoms. The van der Waals surface area contributed by atoms with E-state index < -0.39 is 6.10 Å². The molecule has 6 rings (SSSR count). The zero-order chi connectivity index (χ0) is 28.5. The lowest BCUT2D eigenvalue weighted by Crippen LogP contribution is -2.26. The van der Waals surface area contributed by atoms with Crippen LogP contribution >= 0.6 is 0 Å². The van der Waals surface area contributed by atoms with Gasteiger partial charge in [-0.2, -0.15) is 0 Å². The molecule has 3 aliphatic rings. The first kappa shape index (κ1) is 27.5. The van der Waals surface area contributed by atoms with Crippen molar-refractivity contribution in [3.05, 3.63) is 58.7 Å². The van der Waals surface area contributed by atoms with E-state index in [1.807, 2.05) is 25.1 Å². The Labute approximate surface area is 241 Å². The fourth-order valence-corrected chi connectivity index (χ4v) is 6.48. The molecular formula is C33H39NO7. The molecule has 3 N–H and O–H groups in total. The number of phenols is 1. The van der Waals surface area contributed by atoms with Crippen LogP contribution in [0.15, 0.2) is 36.4 Å². The van der Waals surface area contributed by atoms with Crippen LogP contribution in [0.1, 0.15) is 66.9 Å². The fraction of sp³-hybridized carbons (Fsp3) is 0.455. The van der Waals surface area contributed by atoms with Crippen LogP contribution in [0.25, 0.3) is 11.1 Å². The van der Waals surface area contributed by atoms with Gasteiger partial charge in [0.25, 0.3) is 0 Å². The maximum absolute atomic E-state index is 11.9. The minimum Gasteiger partial charge on any atom is -0.502 e. The third-order valence-corrected chi connectivity index (χ3v) is 8.63. The van der Waals surface area contributed by atoms with Crippen LogP contribution in [0.2, 0.25) is 0 Å². The fourth-order valence-electron chi connectivity index (χ4n) is 6.48. The number of hydrogen-bond donors (Lipinski definition) is 3. The summed E-state index contributed by atoms with van der Waals surface area (Å²) in [4.78, 5) is 0. The number of nitrogens with one attached hydrogen (secondary N) is 1. The molecule has 3 aromatic rings. The number of aliphatic hydroxyl groups is 1. The Morgan fingerprint density at radius 1 is 0.927 bits per heavy atom. The normalized spacial score (nSPS) is 19.5. The second kappa shape index (κ2) is 11.7. The minimum absolute atomic E-state index is 0.00939. The van der Waals surface area contributed by atoms with Crippen LogP contribution in [0.4, 0.5) is 0 Å². The van der Waals surface area contributed by atoms with Gasteiger partial charge in [0, 0.05) is 23.1 Å². The van der Waals surface area contributed by atoms with Crippen molar-refractivity contribution in [1.82, 2.24) is 5.32 Å². The van der Waals surface area contributed by atoms with E-state index in [2.05, 4.69) is 17.4 Å². The van der Waals surface area contributed by atoms with Gasteiger partial charge < -0.3 is 33.9 Å². The standard InChI is InChI=1S/C33H39NO7/c1-4-34-18-40-21-15-25-22-11-12-27-31(24(22)10-9-23(25)28(16-21)37-2)32(35)26(17-39-27)19-13-29(38-3)33(36)30(14-19)41-20-7-5-6-8-20/h11-16,20,26,32,34-36H,4-10,17-18H2,1-3H3. The average Bonchev–Trinajstić information content (AvgIpc) is 3.51. The van der Waals surface area contributed by atoms with Gasteiger partial charge >= 0.3 is 0 Å². The van der Waals surface area contributed by atoms with Crippen LogP contribution in [-0.2, 0) is 12.8 Å². The molecule has 1 fully saturated rings. The van der Waals surface area contributed by atoms with E-state index >= 15 is 0 Å². The Bertz CT molecular complexity index is 1420. The number of methoxy groups -OCH3 is 2. The van der Waals surface area contributed by atoms with E-state index in [4.69, 9.17) is 23.7 Å². The second-order valence-electron chi connectivity index (χ2n) is 11.0. The van der Waals surface area contributed by atoms with Crippen LogP contribution in [-0.4, -0.2) is 50.4 Å². The summed E-state index contributed by atoms with van der Waals surface area (Å²) < 4.78 is 29.7. The third kappa shape index (κ3) is 5.15. The first-order chi connectivity index (χ1) is 20.0. The molecule has 2 aliphatic carbocycles. The summed E-state index contributed by atoms with van der Waals surface area (Å²) >= 11 is 0. The van der Waals surface area contributed by atoms with Gasteiger partial charge in [-0.3, -0.25) is 5.32 Å². The number of phenolic OH excluding ortho intramolecular Hbond substituents is 1. The summed E-state index contributed by atoms with van der Waals surface area (Å²) in [7, 11) is 3.21. The van der Waals surface area contributed by atoms with Crippen molar-refractivity contribution in [3.8, 4) is 45.6 Å². The molecule has 218 valence electrons. The average molecular weight is 562 g/mol. The topological polar surface area (TPSA) is 98.6 Å². The number of hydrogen-bond acceptors (Lipinski definition) is 8. The van der Waals surface area contributed by atoms with Crippen molar-refractivity contribution in [2.24, 2.45) is 0 Å². The van der Waals surface area contributed by atoms with E-state index in [1.54, 1.807) is 13.2 Å². The zero-order valence-corrected chi connectivity index (χ0v) is 24.0. The van der Waals surface area contributed by atoms with Gasteiger partial charge in [-0.05, 0) is 91.6 Å². The minimum atomic E-state index is -0.807. The Balaban J connectivity index is 1.37. The molecule has 1 saturated carbocycles. The molecule has 2 unspecified atom stereocenters. The lowest BCUT2D eigenvalue weighted by molar-refractivity contribution is 0.0876. The first-order valence-corrected chi connectivity index (χ1v) is 14.6. The second-order valence-corrected chi connectivity index (χ2v) is 11.0. The van der Waals surface area contributed by atoms with Gasteiger partial charge in [-0.1, -0.05) is 13.0 Å². The van der Waals surface area contributed by atoms with Crippen LogP contribution < -0.4 is 29.0 Å². The number of fused-ring (bicyclic) bond motifs is 5. The number of aromatic hydroxyl groups is 1. The van der Waals surface area contributed by atoms with Gasteiger partial charge in [0.2, 0.25) is 5.75 Å². The van der Waals surface area contributed by atoms with Crippen LogP contribution in [0.5, 0.6) is 34.5 Å². The maximum atomic E-state index is 11.9. The van der Waals surface area contributed by atoms with Gasteiger partial charge in [0.05, 0.1) is 33.0 Å². The quantitative estimate of drug-likeness (QED) is 0.228. The zero-order valence-electron chi connectivity index (χ0n) is 24.0. The predicted molar refractivity (Wildman–Crippen MR) is 156 cm³/mol. The largest absolute Gasteiger partial charge is 0.502 e. The van der Waals surface area contributed by atoms with E-state index in [9.17, 15) is 10.2 Å². The Kier molecular flexibility index (Phi) is 7.86. The Hall–Kier alpha value is -3.62. The highest BCUT2D eigenvalue weighted by Gasteiger charge is 2.36.